The smallest absolute Gasteiger partial charge is 0.231 e. The Balaban J connectivity index is 2.39. The molecule has 0 aliphatic rings. The number of para-hydroxylation sites is 1. The molecule has 1 aromatic carbocycles. The minimum Gasteiger partial charge on any atom is -0.396 e. The molecule has 0 fully saturated rings. The van der Waals surface area contributed by atoms with Gasteiger partial charge in [0.05, 0.1) is 6.42 Å². The number of carbonyl (C=O) groups excluding carboxylic acids is 2. The van der Waals surface area contributed by atoms with Gasteiger partial charge in [-0.1, -0.05) is 84.4 Å². The van der Waals surface area contributed by atoms with Gasteiger partial charge in [-0.25, -0.2) is 0 Å². The van der Waals surface area contributed by atoms with Gasteiger partial charge >= 0.3 is 0 Å². The summed E-state index contributed by atoms with van der Waals surface area (Å²) in [5, 5.41) is 11.8. The highest BCUT2D eigenvalue weighted by molar-refractivity contribution is 6.05. The van der Waals surface area contributed by atoms with Gasteiger partial charge in [0.1, 0.15) is 5.78 Å². The molecule has 0 bridgehead atoms. The van der Waals surface area contributed by atoms with Crippen molar-refractivity contribution < 1.29 is 14.7 Å². The Morgan fingerprint density at radius 3 is 1.79 bits per heavy atom. The predicted octanol–water partition coefficient (Wildman–Crippen LogP) is 6.33. The fraction of sp³-hybridized carbons (Fsp3) is 0.680. The third-order valence-electron chi connectivity index (χ3n) is 5.36. The van der Waals surface area contributed by atoms with Crippen LogP contribution in [0.15, 0.2) is 18.2 Å². The number of aliphatic hydroxyl groups excluding tert-OH is 1. The summed E-state index contributed by atoms with van der Waals surface area (Å²) in [7, 11) is 0. The summed E-state index contributed by atoms with van der Waals surface area (Å²) >= 11 is 0. The molecule has 4 nitrogen and oxygen atoms in total. The summed E-state index contributed by atoms with van der Waals surface area (Å²) in [5.41, 5.74) is 3.13. The van der Waals surface area contributed by atoms with Gasteiger partial charge in [-0.3, -0.25) is 9.59 Å². The summed E-state index contributed by atoms with van der Waals surface area (Å²) < 4.78 is 0. The summed E-state index contributed by atoms with van der Waals surface area (Å²) in [6.45, 7) is 8.76. The molecule has 0 unspecified atom stereocenters. The second-order valence-electron chi connectivity index (χ2n) is 8.69. The van der Waals surface area contributed by atoms with Gasteiger partial charge in [0.2, 0.25) is 5.91 Å². The molecule has 0 heterocycles. The number of rotatable bonds is 15. The van der Waals surface area contributed by atoms with Crippen molar-refractivity contribution in [3.63, 3.8) is 0 Å². The Hall–Kier alpha value is -1.68. The second-order valence-corrected chi connectivity index (χ2v) is 8.69. The van der Waals surface area contributed by atoms with Crippen LogP contribution in [0.2, 0.25) is 0 Å². The van der Waals surface area contributed by atoms with Crippen LogP contribution in [0.25, 0.3) is 0 Å². The minimum atomic E-state index is -0.200. The quantitative estimate of drug-likeness (QED) is 0.265. The van der Waals surface area contributed by atoms with Crippen molar-refractivity contribution in [3.05, 3.63) is 29.3 Å². The Morgan fingerprint density at radius 1 is 0.828 bits per heavy atom. The third kappa shape index (κ3) is 10.1. The number of aliphatic hydroxyl groups is 1. The zero-order valence-corrected chi connectivity index (χ0v) is 18.9. The van der Waals surface area contributed by atoms with Crippen LogP contribution in [-0.2, 0) is 9.59 Å². The van der Waals surface area contributed by atoms with E-state index in [2.05, 4.69) is 45.1 Å². The molecule has 29 heavy (non-hydrogen) atoms. The number of Topliss-reactive ketones (excluding diaryl/α,β-unsaturated/α-hetero) is 1. The highest BCUT2D eigenvalue weighted by Crippen LogP contribution is 2.32. The van der Waals surface area contributed by atoms with Crippen molar-refractivity contribution in [2.45, 2.75) is 104 Å². The normalized spacial score (nSPS) is 11.3. The molecule has 0 spiro atoms. The molecule has 0 aromatic heterocycles. The van der Waals surface area contributed by atoms with Gasteiger partial charge in [0.15, 0.2) is 0 Å². The Labute approximate surface area is 177 Å². The number of carbonyl (C=O) groups is 2. The van der Waals surface area contributed by atoms with Crippen molar-refractivity contribution in [2.75, 3.05) is 11.9 Å². The standard InChI is InChI=1S/C25H41NO3/c1-19(2)22-15-13-16-23(20(3)4)25(22)26-24(29)18-21(28)14-11-9-7-5-6-8-10-12-17-27/h13,15-16,19-20,27H,5-12,14,17-18H2,1-4H3,(H,26,29). The Kier molecular flexibility index (Phi) is 12.5. The van der Waals surface area contributed by atoms with E-state index in [1.54, 1.807) is 0 Å². The molecule has 0 atom stereocenters. The lowest BCUT2D eigenvalue weighted by atomic mass is 9.92. The number of ketones is 1. The van der Waals surface area contributed by atoms with E-state index in [1.165, 1.54) is 19.3 Å². The van der Waals surface area contributed by atoms with Crippen LogP contribution in [0.5, 0.6) is 0 Å². The SMILES string of the molecule is CC(C)c1cccc(C(C)C)c1NC(=O)CC(=O)CCCCCCCCCCO. The van der Waals surface area contributed by atoms with E-state index in [0.29, 0.717) is 18.3 Å². The minimum absolute atomic E-state index is 0.0265. The summed E-state index contributed by atoms with van der Waals surface area (Å²) in [6.07, 6.45) is 9.05. The number of anilines is 1. The lowest BCUT2D eigenvalue weighted by Crippen LogP contribution is -2.19. The van der Waals surface area contributed by atoms with Crippen LogP contribution >= 0.6 is 0 Å². The van der Waals surface area contributed by atoms with Crippen molar-refractivity contribution in [1.82, 2.24) is 0 Å². The number of amides is 1. The molecule has 1 amide bonds. The number of hydrogen-bond acceptors (Lipinski definition) is 3. The lowest BCUT2D eigenvalue weighted by Gasteiger charge is -2.20. The molecule has 0 aliphatic heterocycles. The van der Waals surface area contributed by atoms with E-state index in [9.17, 15) is 9.59 Å². The molecular weight excluding hydrogens is 362 g/mol. The average Bonchev–Trinajstić information content (AvgIpc) is 2.66. The zero-order chi connectivity index (χ0) is 21.6. The van der Waals surface area contributed by atoms with Crippen LogP contribution < -0.4 is 5.32 Å². The molecule has 164 valence electrons. The highest BCUT2D eigenvalue weighted by atomic mass is 16.3. The van der Waals surface area contributed by atoms with E-state index in [0.717, 1.165) is 48.9 Å². The van der Waals surface area contributed by atoms with Crippen molar-refractivity contribution in [2.24, 2.45) is 0 Å². The number of hydrogen-bond donors (Lipinski definition) is 2. The van der Waals surface area contributed by atoms with Gasteiger partial charge in [0, 0.05) is 18.7 Å². The van der Waals surface area contributed by atoms with Crippen LogP contribution in [0.4, 0.5) is 5.69 Å². The number of unbranched alkanes of at least 4 members (excludes halogenated alkanes) is 7. The van der Waals surface area contributed by atoms with Gasteiger partial charge < -0.3 is 10.4 Å². The first-order valence-electron chi connectivity index (χ1n) is 11.4. The fourth-order valence-electron chi connectivity index (χ4n) is 3.64. The van der Waals surface area contributed by atoms with E-state index >= 15 is 0 Å². The predicted molar refractivity (Wildman–Crippen MR) is 122 cm³/mol. The molecule has 0 saturated carbocycles. The Morgan fingerprint density at radius 2 is 1.31 bits per heavy atom. The topological polar surface area (TPSA) is 66.4 Å². The van der Waals surface area contributed by atoms with Crippen LogP contribution in [-0.4, -0.2) is 23.4 Å². The summed E-state index contributed by atoms with van der Waals surface area (Å²) in [6, 6.07) is 6.15. The van der Waals surface area contributed by atoms with E-state index in [1.807, 2.05) is 6.07 Å². The monoisotopic (exact) mass is 403 g/mol. The molecule has 1 aromatic rings. The maximum Gasteiger partial charge on any atom is 0.231 e. The lowest BCUT2D eigenvalue weighted by molar-refractivity contribution is -0.125. The maximum atomic E-state index is 12.5. The average molecular weight is 404 g/mol. The van der Waals surface area contributed by atoms with E-state index in [4.69, 9.17) is 5.11 Å². The summed E-state index contributed by atoms with van der Waals surface area (Å²) in [5.74, 6) is 0.444. The van der Waals surface area contributed by atoms with Crippen molar-refractivity contribution in [3.8, 4) is 0 Å². The van der Waals surface area contributed by atoms with E-state index < -0.39 is 0 Å². The van der Waals surface area contributed by atoms with Gasteiger partial charge in [0.25, 0.3) is 0 Å². The van der Waals surface area contributed by atoms with Crippen LogP contribution in [0.3, 0.4) is 0 Å². The van der Waals surface area contributed by atoms with Gasteiger partial charge in [-0.2, -0.15) is 0 Å². The van der Waals surface area contributed by atoms with Crippen molar-refractivity contribution >= 4 is 17.4 Å². The van der Waals surface area contributed by atoms with Crippen LogP contribution in [0.1, 0.15) is 115 Å². The number of benzene rings is 1. The maximum absolute atomic E-state index is 12.5. The zero-order valence-electron chi connectivity index (χ0n) is 18.9. The van der Waals surface area contributed by atoms with Crippen LogP contribution in [0, 0.1) is 0 Å². The van der Waals surface area contributed by atoms with E-state index in [-0.39, 0.29) is 24.7 Å². The molecule has 0 saturated heterocycles. The highest BCUT2D eigenvalue weighted by Gasteiger charge is 2.17. The molecule has 2 N–H and O–H groups in total. The Bertz CT molecular complexity index is 596. The fourth-order valence-corrected chi connectivity index (χ4v) is 3.64. The molecular formula is C25H41NO3. The molecule has 1 rings (SSSR count). The largest absolute Gasteiger partial charge is 0.396 e. The number of nitrogens with one attached hydrogen (secondary N) is 1. The van der Waals surface area contributed by atoms with Crippen molar-refractivity contribution in [1.29, 1.82) is 0 Å². The van der Waals surface area contributed by atoms with Gasteiger partial charge in [-0.05, 0) is 35.8 Å². The first-order chi connectivity index (χ1) is 13.9. The first-order valence-corrected chi connectivity index (χ1v) is 11.4. The first kappa shape index (κ1) is 25.4. The summed E-state index contributed by atoms with van der Waals surface area (Å²) in [4.78, 5) is 24.7. The second kappa shape index (κ2) is 14.3. The molecule has 0 radical (unpaired) electrons. The van der Waals surface area contributed by atoms with Gasteiger partial charge in [-0.15, -0.1) is 0 Å². The molecule has 4 heteroatoms. The molecule has 0 aliphatic carbocycles. The third-order valence-corrected chi connectivity index (χ3v) is 5.36.